The summed E-state index contributed by atoms with van der Waals surface area (Å²) in [7, 11) is 1.71. The van der Waals surface area contributed by atoms with Gasteiger partial charge in [-0.2, -0.15) is 0 Å². The van der Waals surface area contributed by atoms with Crippen molar-refractivity contribution in [3.63, 3.8) is 0 Å². The highest BCUT2D eigenvalue weighted by Gasteiger charge is 2.58. The molecule has 1 aromatic carbocycles. The summed E-state index contributed by atoms with van der Waals surface area (Å²) in [5.41, 5.74) is 1.17. The first-order valence-corrected chi connectivity index (χ1v) is 11.2. The van der Waals surface area contributed by atoms with Crippen LogP contribution >= 0.6 is 24.0 Å². The molecule has 174 valence electrons. The Morgan fingerprint density at radius 1 is 1.09 bits per heavy atom. The van der Waals surface area contributed by atoms with Gasteiger partial charge in [0.2, 0.25) is 11.8 Å². The van der Waals surface area contributed by atoms with Crippen LogP contribution in [-0.4, -0.2) is 56.0 Å². The smallest absolute Gasteiger partial charge is 0.233 e. The fourth-order valence-electron chi connectivity index (χ4n) is 5.05. The second-order valence-electron chi connectivity index (χ2n) is 8.53. The molecule has 7 nitrogen and oxygen atoms in total. The average Bonchev–Trinajstić information content (AvgIpc) is 3.47. The summed E-state index contributed by atoms with van der Waals surface area (Å²) in [6.45, 7) is 4.29. The van der Waals surface area contributed by atoms with Crippen molar-refractivity contribution in [1.82, 2.24) is 15.5 Å². The minimum Gasteiger partial charge on any atom is -0.374 e. The second-order valence-corrected chi connectivity index (χ2v) is 8.53. The van der Waals surface area contributed by atoms with Crippen molar-refractivity contribution in [1.29, 1.82) is 0 Å². The van der Waals surface area contributed by atoms with Crippen LogP contribution in [0.5, 0.6) is 0 Å². The minimum atomic E-state index is -0.127. The SMILES string of the molecule is CN=C(NCCCOC(C)c1ccccc1)NCCN1C(=O)C2C3C=CC(C3)C2C1=O.I. The number of rotatable bonds is 9. The number of nitrogens with zero attached hydrogens (tertiary/aromatic N) is 2. The van der Waals surface area contributed by atoms with E-state index in [0.29, 0.717) is 25.7 Å². The Balaban J connectivity index is 0.00000289. The quantitative estimate of drug-likeness (QED) is 0.123. The van der Waals surface area contributed by atoms with Crippen LogP contribution in [0.3, 0.4) is 0 Å². The molecule has 8 heteroatoms. The van der Waals surface area contributed by atoms with Crippen LogP contribution in [0.2, 0.25) is 0 Å². The summed E-state index contributed by atoms with van der Waals surface area (Å²) >= 11 is 0. The Labute approximate surface area is 207 Å². The molecule has 2 amide bonds. The summed E-state index contributed by atoms with van der Waals surface area (Å²) in [6.07, 6.45) is 6.12. The molecule has 0 radical (unpaired) electrons. The van der Waals surface area contributed by atoms with Gasteiger partial charge in [0.25, 0.3) is 0 Å². The molecule has 1 aliphatic heterocycles. The van der Waals surface area contributed by atoms with E-state index >= 15 is 0 Å². The number of benzene rings is 1. The first kappa shape index (κ1) is 24.7. The fourth-order valence-corrected chi connectivity index (χ4v) is 5.05. The van der Waals surface area contributed by atoms with E-state index in [9.17, 15) is 9.59 Å². The third kappa shape index (κ3) is 5.17. The van der Waals surface area contributed by atoms with Crippen LogP contribution in [0.1, 0.15) is 31.4 Å². The number of ether oxygens (including phenoxy) is 1. The van der Waals surface area contributed by atoms with E-state index in [1.807, 2.05) is 18.2 Å². The summed E-state index contributed by atoms with van der Waals surface area (Å²) in [6, 6.07) is 10.2. The molecule has 1 heterocycles. The monoisotopic (exact) mass is 552 g/mol. The lowest BCUT2D eigenvalue weighted by molar-refractivity contribution is -0.140. The van der Waals surface area contributed by atoms with E-state index in [0.717, 1.165) is 19.4 Å². The van der Waals surface area contributed by atoms with Gasteiger partial charge < -0.3 is 15.4 Å². The highest BCUT2D eigenvalue weighted by atomic mass is 127. The van der Waals surface area contributed by atoms with Crippen molar-refractivity contribution in [2.75, 3.05) is 33.3 Å². The predicted octanol–water partition coefficient (Wildman–Crippen LogP) is 2.74. The lowest BCUT2D eigenvalue weighted by Crippen LogP contribution is -2.44. The molecule has 1 saturated heterocycles. The largest absolute Gasteiger partial charge is 0.374 e. The number of amides is 2. The molecule has 2 aliphatic carbocycles. The number of guanidine groups is 1. The zero-order valence-electron chi connectivity index (χ0n) is 18.7. The Hall–Kier alpha value is -1.94. The van der Waals surface area contributed by atoms with E-state index in [1.165, 1.54) is 10.5 Å². The highest BCUT2D eigenvalue weighted by Crippen LogP contribution is 2.52. The van der Waals surface area contributed by atoms with Gasteiger partial charge >= 0.3 is 0 Å². The van der Waals surface area contributed by atoms with Gasteiger partial charge in [0.15, 0.2) is 5.96 Å². The Bertz CT molecular complexity index is 830. The van der Waals surface area contributed by atoms with Gasteiger partial charge in [-0.1, -0.05) is 42.5 Å². The number of aliphatic imine (C=N–C) groups is 1. The minimum absolute atomic E-state index is 0. The van der Waals surface area contributed by atoms with Gasteiger partial charge in [0, 0.05) is 33.3 Å². The van der Waals surface area contributed by atoms with Gasteiger partial charge in [0.05, 0.1) is 17.9 Å². The first-order chi connectivity index (χ1) is 15.1. The molecular weight excluding hydrogens is 519 g/mol. The molecule has 3 aliphatic rings. The first-order valence-electron chi connectivity index (χ1n) is 11.2. The number of allylic oxidation sites excluding steroid dienone is 2. The number of hydrogen-bond donors (Lipinski definition) is 2. The van der Waals surface area contributed by atoms with Crippen LogP contribution in [0.25, 0.3) is 0 Å². The van der Waals surface area contributed by atoms with Crippen LogP contribution in [0.15, 0.2) is 47.5 Å². The lowest BCUT2D eigenvalue weighted by atomic mass is 9.85. The van der Waals surface area contributed by atoms with Gasteiger partial charge in [-0.15, -0.1) is 24.0 Å². The number of likely N-dealkylation sites (tertiary alicyclic amines) is 1. The number of halogens is 1. The molecule has 1 saturated carbocycles. The van der Waals surface area contributed by atoms with Crippen LogP contribution in [0, 0.1) is 23.7 Å². The van der Waals surface area contributed by atoms with Crippen molar-refractivity contribution in [2.24, 2.45) is 28.7 Å². The third-order valence-corrected chi connectivity index (χ3v) is 6.66. The summed E-state index contributed by atoms with van der Waals surface area (Å²) < 4.78 is 5.89. The zero-order chi connectivity index (χ0) is 21.8. The van der Waals surface area contributed by atoms with Crippen molar-refractivity contribution in [3.8, 4) is 0 Å². The fraction of sp³-hybridized carbons (Fsp3) is 0.542. The topological polar surface area (TPSA) is 83.0 Å². The molecule has 0 spiro atoms. The van der Waals surface area contributed by atoms with Crippen LogP contribution < -0.4 is 10.6 Å². The maximum Gasteiger partial charge on any atom is 0.233 e. The molecule has 4 rings (SSSR count). The van der Waals surface area contributed by atoms with E-state index in [2.05, 4.69) is 46.8 Å². The second kappa shape index (κ2) is 11.3. The number of carbonyl (C=O) groups excluding carboxylic acids is 2. The standard InChI is InChI=1S/C24H32N4O3.HI/c1-16(17-7-4-3-5-8-17)31-14-6-11-26-24(25-2)27-12-13-28-22(29)20-18-9-10-19(15-18)21(20)23(28)30;/h3-5,7-10,16,18-21H,6,11-15H2,1-2H3,(H2,25,26,27);1H. The summed E-state index contributed by atoms with van der Waals surface area (Å²) in [4.78, 5) is 31.1. The molecule has 32 heavy (non-hydrogen) atoms. The molecule has 0 aromatic heterocycles. The van der Waals surface area contributed by atoms with Gasteiger partial charge in [-0.3, -0.25) is 19.5 Å². The van der Waals surface area contributed by atoms with Gasteiger partial charge in [0.1, 0.15) is 0 Å². The van der Waals surface area contributed by atoms with E-state index in [4.69, 9.17) is 4.74 Å². The molecule has 2 bridgehead atoms. The predicted molar refractivity (Wildman–Crippen MR) is 135 cm³/mol. The summed E-state index contributed by atoms with van der Waals surface area (Å²) in [5, 5.41) is 6.46. The average molecular weight is 552 g/mol. The molecular formula is C24H33IN4O3. The molecule has 2 fully saturated rings. The Morgan fingerprint density at radius 2 is 1.72 bits per heavy atom. The van der Waals surface area contributed by atoms with Crippen LogP contribution in [-0.2, 0) is 14.3 Å². The highest BCUT2D eigenvalue weighted by molar-refractivity contribution is 14.0. The van der Waals surface area contributed by atoms with Gasteiger partial charge in [-0.05, 0) is 37.2 Å². The number of carbonyl (C=O) groups is 2. The Kier molecular flexibility index (Phi) is 8.70. The maximum absolute atomic E-state index is 12.7. The molecule has 2 N–H and O–H groups in total. The van der Waals surface area contributed by atoms with Crippen molar-refractivity contribution in [3.05, 3.63) is 48.0 Å². The van der Waals surface area contributed by atoms with Crippen LogP contribution in [0.4, 0.5) is 0 Å². The van der Waals surface area contributed by atoms with Crippen molar-refractivity contribution < 1.29 is 14.3 Å². The normalized spacial score (nSPS) is 26.8. The summed E-state index contributed by atoms with van der Waals surface area (Å²) in [5.74, 6) is 0.924. The van der Waals surface area contributed by atoms with Crippen molar-refractivity contribution in [2.45, 2.75) is 25.9 Å². The van der Waals surface area contributed by atoms with Gasteiger partial charge in [-0.25, -0.2) is 0 Å². The number of fused-ring (bicyclic) bond motifs is 5. The molecule has 1 aromatic rings. The lowest BCUT2D eigenvalue weighted by Gasteiger charge is -2.19. The van der Waals surface area contributed by atoms with E-state index in [1.54, 1.807) is 7.05 Å². The number of hydrogen-bond acceptors (Lipinski definition) is 4. The maximum atomic E-state index is 12.7. The zero-order valence-corrected chi connectivity index (χ0v) is 21.0. The Morgan fingerprint density at radius 3 is 2.34 bits per heavy atom. The molecule has 5 unspecified atom stereocenters. The molecule has 5 atom stereocenters. The third-order valence-electron chi connectivity index (χ3n) is 6.66. The van der Waals surface area contributed by atoms with Crippen molar-refractivity contribution >= 4 is 41.8 Å². The number of imide groups is 1. The number of nitrogens with one attached hydrogen (secondary N) is 2. The van der Waals surface area contributed by atoms with E-state index in [-0.39, 0.29) is 65.6 Å². The van der Waals surface area contributed by atoms with E-state index < -0.39 is 0 Å².